The highest BCUT2D eigenvalue weighted by Gasteiger charge is 2.26. The summed E-state index contributed by atoms with van der Waals surface area (Å²) in [4.78, 5) is 25.2. The molecule has 0 saturated heterocycles. The number of carbonyl (C=O) groups is 2. The fourth-order valence-electron chi connectivity index (χ4n) is 1.86. The average molecular weight is 253 g/mol. The molecular weight excluding hydrogens is 234 g/mol. The van der Waals surface area contributed by atoms with E-state index >= 15 is 0 Å². The van der Waals surface area contributed by atoms with Crippen molar-refractivity contribution in [3.05, 3.63) is 17.0 Å². The Morgan fingerprint density at radius 1 is 1.44 bits per heavy atom. The molecule has 1 heterocycles. The lowest BCUT2D eigenvalue weighted by Crippen LogP contribution is -2.38. The van der Waals surface area contributed by atoms with Gasteiger partial charge < -0.3 is 10.0 Å². The van der Waals surface area contributed by atoms with E-state index in [1.165, 1.54) is 11.9 Å². The van der Waals surface area contributed by atoms with E-state index in [-0.39, 0.29) is 6.54 Å². The zero-order valence-electron chi connectivity index (χ0n) is 11.4. The van der Waals surface area contributed by atoms with E-state index in [9.17, 15) is 14.7 Å². The number of likely N-dealkylation sites (N-methyl/N-ethyl adjacent to an activating group) is 1. The standard InChI is InChI=1S/C12H19N3O3/c1-7(16)6-14(4)12(18)11(17)10-8(2)13-15(5)9(10)3/h7,16H,6H2,1-5H3. The number of aryl methyl sites for hydroxylation is 2. The van der Waals surface area contributed by atoms with Crippen LogP contribution in [0.15, 0.2) is 0 Å². The highest BCUT2D eigenvalue weighted by atomic mass is 16.3. The minimum absolute atomic E-state index is 0.128. The lowest BCUT2D eigenvalue weighted by Gasteiger charge is -2.17. The number of amides is 1. The number of hydrogen-bond donors (Lipinski definition) is 1. The molecule has 1 unspecified atom stereocenters. The molecule has 1 aromatic heterocycles. The van der Waals surface area contributed by atoms with Crippen molar-refractivity contribution in [1.29, 1.82) is 0 Å². The third kappa shape index (κ3) is 2.76. The van der Waals surface area contributed by atoms with E-state index in [2.05, 4.69) is 5.10 Å². The van der Waals surface area contributed by atoms with Gasteiger partial charge in [-0.2, -0.15) is 5.10 Å². The average Bonchev–Trinajstić information content (AvgIpc) is 2.50. The third-order valence-corrected chi connectivity index (χ3v) is 2.82. The maximum Gasteiger partial charge on any atom is 0.294 e. The van der Waals surface area contributed by atoms with Crippen molar-refractivity contribution in [2.75, 3.05) is 13.6 Å². The summed E-state index contributed by atoms with van der Waals surface area (Å²) in [5, 5.41) is 13.3. The van der Waals surface area contributed by atoms with Crippen molar-refractivity contribution in [1.82, 2.24) is 14.7 Å². The number of hydrogen-bond acceptors (Lipinski definition) is 4. The second-order valence-electron chi connectivity index (χ2n) is 4.53. The Balaban J connectivity index is 2.97. The molecular formula is C12H19N3O3. The van der Waals surface area contributed by atoms with Gasteiger partial charge in [0.15, 0.2) is 0 Å². The summed E-state index contributed by atoms with van der Waals surface area (Å²) >= 11 is 0. The molecule has 1 N–H and O–H groups in total. The summed E-state index contributed by atoms with van der Waals surface area (Å²) in [6, 6.07) is 0. The van der Waals surface area contributed by atoms with Crippen molar-refractivity contribution in [2.24, 2.45) is 7.05 Å². The fraction of sp³-hybridized carbons (Fsp3) is 0.583. The van der Waals surface area contributed by atoms with Crippen molar-refractivity contribution in [2.45, 2.75) is 26.9 Å². The van der Waals surface area contributed by atoms with E-state index in [1.54, 1.807) is 32.5 Å². The molecule has 0 bridgehead atoms. The van der Waals surface area contributed by atoms with E-state index in [4.69, 9.17) is 0 Å². The number of nitrogens with zero attached hydrogens (tertiary/aromatic N) is 3. The lowest BCUT2D eigenvalue weighted by molar-refractivity contribution is -0.126. The van der Waals surface area contributed by atoms with Crippen molar-refractivity contribution in [3.8, 4) is 0 Å². The molecule has 0 aliphatic carbocycles. The van der Waals surface area contributed by atoms with Crippen LogP contribution in [0.5, 0.6) is 0 Å². The largest absolute Gasteiger partial charge is 0.392 e. The molecule has 1 atom stereocenters. The summed E-state index contributed by atoms with van der Waals surface area (Å²) in [5.41, 5.74) is 1.55. The maximum atomic E-state index is 12.1. The molecule has 0 saturated carbocycles. The van der Waals surface area contributed by atoms with Gasteiger partial charge in [-0.05, 0) is 20.8 Å². The molecule has 0 spiro atoms. The van der Waals surface area contributed by atoms with Crippen LogP contribution in [-0.2, 0) is 11.8 Å². The minimum Gasteiger partial charge on any atom is -0.392 e. The van der Waals surface area contributed by atoms with Gasteiger partial charge in [-0.3, -0.25) is 14.3 Å². The van der Waals surface area contributed by atoms with Gasteiger partial charge in [-0.1, -0.05) is 0 Å². The van der Waals surface area contributed by atoms with Crippen LogP contribution in [0.25, 0.3) is 0 Å². The Bertz CT molecular complexity index is 477. The van der Waals surface area contributed by atoms with Crippen LogP contribution < -0.4 is 0 Å². The number of ketones is 1. The summed E-state index contributed by atoms with van der Waals surface area (Å²) in [6.45, 7) is 5.13. The molecule has 18 heavy (non-hydrogen) atoms. The smallest absolute Gasteiger partial charge is 0.294 e. The van der Waals surface area contributed by atoms with Crippen LogP contribution in [0.2, 0.25) is 0 Å². The first-order valence-electron chi connectivity index (χ1n) is 5.73. The Morgan fingerprint density at radius 2 is 2.00 bits per heavy atom. The highest BCUT2D eigenvalue weighted by Crippen LogP contribution is 2.13. The quantitative estimate of drug-likeness (QED) is 0.608. The fourth-order valence-corrected chi connectivity index (χ4v) is 1.86. The SMILES string of the molecule is Cc1nn(C)c(C)c1C(=O)C(=O)N(C)CC(C)O. The zero-order chi connectivity index (χ0) is 14.0. The molecule has 6 nitrogen and oxygen atoms in total. The van der Waals surface area contributed by atoms with Crippen LogP contribution in [-0.4, -0.2) is 51.2 Å². The normalized spacial score (nSPS) is 12.3. The molecule has 0 aliphatic heterocycles. The molecule has 1 rings (SSSR count). The Hall–Kier alpha value is -1.69. The third-order valence-electron chi connectivity index (χ3n) is 2.82. The first kappa shape index (κ1) is 14.4. The van der Waals surface area contributed by atoms with Gasteiger partial charge in [0.1, 0.15) is 0 Å². The number of carbonyl (C=O) groups excluding carboxylic acids is 2. The Kier molecular flexibility index (Phi) is 4.24. The highest BCUT2D eigenvalue weighted by molar-refractivity contribution is 6.43. The van der Waals surface area contributed by atoms with Gasteiger partial charge in [0.2, 0.25) is 0 Å². The molecule has 1 amide bonds. The van der Waals surface area contributed by atoms with E-state index in [0.29, 0.717) is 17.0 Å². The summed E-state index contributed by atoms with van der Waals surface area (Å²) in [7, 11) is 3.22. The molecule has 0 aromatic carbocycles. The van der Waals surface area contributed by atoms with E-state index in [1.807, 2.05) is 0 Å². The number of aliphatic hydroxyl groups is 1. The number of Topliss-reactive ketones (excluding diaryl/α,β-unsaturated/α-hetero) is 1. The molecule has 1 aromatic rings. The minimum atomic E-state index is -0.664. The van der Waals surface area contributed by atoms with Crippen molar-refractivity contribution in [3.63, 3.8) is 0 Å². The van der Waals surface area contributed by atoms with Crippen LogP contribution in [0.1, 0.15) is 28.7 Å². The second-order valence-corrected chi connectivity index (χ2v) is 4.53. The Morgan fingerprint density at radius 3 is 2.39 bits per heavy atom. The molecule has 100 valence electrons. The van der Waals surface area contributed by atoms with E-state index < -0.39 is 17.8 Å². The van der Waals surface area contributed by atoms with Gasteiger partial charge in [-0.25, -0.2) is 0 Å². The van der Waals surface area contributed by atoms with Crippen LogP contribution in [0.3, 0.4) is 0 Å². The van der Waals surface area contributed by atoms with Gasteiger partial charge in [0.05, 0.1) is 17.4 Å². The summed E-state index contributed by atoms with van der Waals surface area (Å²) < 4.78 is 1.57. The van der Waals surface area contributed by atoms with Crippen molar-refractivity contribution < 1.29 is 14.7 Å². The predicted molar refractivity (Wildman–Crippen MR) is 66.3 cm³/mol. The molecule has 0 radical (unpaired) electrons. The molecule has 0 fully saturated rings. The lowest BCUT2D eigenvalue weighted by atomic mass is 10.1. The maximum absolute atomic E-state index is 12.1. The van der Waals surface area contributed by atoms with Crippen LogP contribution >= 0.6 is 0 Å². The Labute approximate surface area is 106 Å². The first-order chi connectivity index (χ1) is 8.25. The second kappa shape index (κ2) is 5.30. The van der Waals surface area contributed by atoms with Gasteiger partial charge in [0, 0.05) is 26.3 Å². The van der Waals surface area contributed by atoms with E-state index in [0.717, 1.165) is 0 Å². The van der Waals surface area contributed by atoms with Gasteiger partial charge >= 0.3 is 0 Å². The van der Waals surface area contributed by atoms with Gasteiger partial charge in [-0.15, -0.1) is 0 Å². The predicted octanol–water partition coefficient (Wildman–Crippen LogP) is 0.0588. The summed E-state index contributed by atoms with van der Waals surface area (Å²) in [6.07, 6.45) is -0.664. The van der Waals surface area contributed by atoms with Crippen LogP contribution in [0.4, 0.5) is 0 Å². The number of rotatable bonds is 4. The van der Waals surface area contributed by atoms with Crippen molar-refractivity contribution >= 4 is 11.7 Å². The number of aliphatic hydroxyl groups excluding tert-OH is 1. The monoisotopic (exact) mass is 253 g/mol. The number of aromatic nitrogens is 2. The van der Waals surface area contributed by atoms with Crippen LogP contribution in [0, 0.1) is 13.8 Å². The topological polar surface area (TPSA) is 75.4 Å². The summed E-state index contributed by atoms with van der Waals surface area (Å²) in [5.74, 6) is -1.21. The zero-order valence-corrected chi connectivity index (χ0v) is 11.4. The van der Waals surface area contributed by atoms with Gasteiger partial charge in [0.25, 0.3) is 11.7 Å². The molecule has 0 aliphatic rings. The molecule has 6 heteroatoms. The first-order valence-corrected chi connectivity index (χ1v) is 5.73.